The molecule has 0 aliphatic rings. The number of amides is 1. The van der Waals surface area contributed by atoms with E-state index in [0.29, 0.717) is 0 Å². The Morgan fingerprint density at radius 1 is 1.40 bits per heavy atom. The van der Waals surface area contributed by atoms with Gasteiger partial charge in [0, 0.05) is 12.1 Å². The predicted molar refractivity (Wildman–Crippen MR) is 55.6 cm³/mol. The molecule has 0 rings (SSSR count). The summed E-state index contributed by atoms with van der Waals surface area (Å²) in [5, 5.41) is 10.8. The summed E-state index contributed by atoms with van der Waals surface area (Å²) < 4.78 is 4.98. The Labute approximate surface area is 89.1 Å². The van der Waals surface area contributed by atoms with Crippen LogP contribution in [0.25, 0.3) is 0 Å². The van der Waals surface area contributed by atoms with Crippen molar-refractivity contribution in [2.75, 3.05) is 0 Å². The largest absolute Gasteiger partial charge is 0.478 e. The summed E-state index contributed by atoms with van der Waals surface area (Å²) in [6, 6.07) is -0.379. The molecule has 0 saturated carbocycles. The molecule has 5 nitrogen and oxygen atoms in total. The molecule has 5 heteroatoms. The van der Waals surface area contributed by atoms with Crippen molar-refractivity contribution in [1.29, 1.82) is 0 Å². The van der Waals surface area contributed by atoms with E-state index in [0.717, 1.165) is 6.08 Å². The number of carbonyl (C=O) groups excluding carboxylic acids is 1. The highest BCUT2D eigenvalue weighted by Gasteiger charge is 2.16. The summed E-state index contributed by atoms with van der Waals surface area (Å²) in [7, 11) is 0. The minimum atomic E-state index is -1.05. The molecule has 0 fully saturated rings. The van der Waals surface area contributed by atoms with Crippen molar-refractivity contribution in [1.82, 2.24) is 5.32 Å². The predicted octanol–water partition coefficient (Wildman–Crippen LogP) is 1.54. The number of nitrogens with one attached hydrogen (secondary N) is 1. The first-order valence-electron chi connectivity index (χ1n) is 4.61. The molecule has 15 heavy (non-hydrogen) atoms. The number of carboxylic acids is 1. The molecular weight excluding hydrogens is 198 g/mol. The molecule has 0 aromatic rings. The molecule has 0 aromatic heterocycles. The lowest BCUT2D eigenvalue weighted by Gasteiger charge is -2.20. The Kier molecular flexibility index (Phi) is 4.84. The van der Waals surface area contributed by atoms with Crippen molar-refractivity contribution in [2.45, 2.75) is 39.3 Å². The molecule has 0 aliphatic carbocycles. The highest BCUT2D eigenvalue weighted by molar-refractivity contribution is 5.80. The number of hydrogen-bond donors (Lipinski definition) is 2. The lowest BCUT2D eigenvalue weighted by atomic mass is 10.2. The van der Waals surface area contributed by atoms with Gasteiger partial charge in [-0.15, -0.1) is 0 Å². The van der Waals surface area contributed by atoms with E-state index in [1.807, 2.05) is 0 Å². The Morgan fingerprint density at radius 3 is 2.33 bits per heavy atom. The number of hydrogen-bond acceptors (Lipinski definition) is 3. The summed E-state index contributed by atoms with van der Waals surface area (Å²) in [4.78, 5) is 21.4. The first-order chi connectivity index (χ1) is 6.70. The molecule has 0 saturated heterocycles. The molecule has 1 atom stereocenters. The third-order valence-electron chi connectivity index (χ3n) is 1.27. The van der Waals surface area contributed by atoms with Crippen LogP contribution in [0.1, 0.15) is 27.7 Å². The van der Waals surface area contributed by atoms with Crippen molar-refractivity contribution < 1.29 is 19.4 Å². The van der Waals surface area contributed by atoms with Gasteiger partial charge in [-0.3, -0.25) is 0 Å². The molecule has 0 radical (unpaired) electrons. The second-order valence-corrected chi connectivity index (χ2v) is 4.13. The lowest BCUT2D eigenvalue weighted by molar-refractivity contribution is -0.131. The SMILES string of the molecule is C[C@@H](C=CC(=O)O)NC(=O)OC(C)(C)C. The molecule has 0 bridgehead atoms. The number of alkyl carbamates (subject to hydrolysis) is 1. The van der Waals surface area contributed by atoms with Crippen LogP contribution in [0.2, 0.25) is 0 Å². The van der Waals surface area contributed by atoms with E-state index >= 15 is 0 Å². The highest BCUT2D eigenvalue weighted by atomic mass is 16.6. The van der Waals surface area contributed by atoms with Gasteiger partial charge in [0.05, 0.1) is 0 Å². The van der Waals surface area contributed by atoms with E-state index < -0.39 is 17.7 Å². The molecule has 0 spiro atoms. The van der Waals surface area contributed by atoms with Gasteiger partial charge in [0.25, 0.3) is 0 Å². The summed E-state index contributed by atoms with van der Waals surface area (Å²) >= 11 is 0. The third-order valence-corrected chi connectivity index (χ3v) is 1.27. The van der Waals surface area contributed by atoms with Crippen LogP contribution in [0.3, 0.4) is 0 Å². The molecule has 2 N–H and O–H groups in total. The second kappa shape index (κ2) is 5.38. The van der Waals surface area contributed by atoms with Crippen LogP contribution >= 0.6 is 0 Å². The smallest absolute Gasteiger partial charge is 0.408 e. The Hall–Kier alpha value is -1.52. The van der Waals surface area contributed by atoms with Crippen LogP contribution in [-0.4, -0.2) is 28.8 Å². The maximum atomic E-state index is 11.2. The van der Waals surface area contributed by atoms with Gasteiger partial charge >= 0.3 is 12.1 Å². The summed E-state index contributed by atoms with van der Waals surface area (Å²) in [6.07, 6.45) is 1.78. The Balaban J connectivity index is 4.02. The van der Waals surface area contributed by atoms with E-state index in [9.17, 15) is 9.59 Å². The monoisotopic (exact) mass is 215 g/mol. The fraction of sp³-hybridized carbons (Fsp3) is 0.600. The molecule has 0 aromatic carbocycles. The zero-order valence-corrected chi connectivity index (χ0v) is 9.40. The first kappa shape index (κ1) is 13.5. The van der Waals surface area contributed by atoms with Crippen molar-refractivity contribution in [3.05, 3.63) is 12.2 Å². The minimum absolute atomic E-state index is 0.379. The van der Waals surface area contributed by atoms with Gasteiger partial charge in [0.15, 0.2) is 0 Å². The zero-order valence-electron chi connectivity index (χ0n) is 9.40. The van der Waals surface area contributed by atoms with E-state index in [1.165, 1.54) is 6.08 Å². The van der Waals surface area contributed by atoms with E-state index in [2.05, 4.69) is 5.32 Å². The number of ether oxygens (including phenoxy) is 1. The van der Waals surface area contributed by atoms with E-state index in [4.69, 9.17) is 9.84 Å². The van der Waals surface area contributed by atoms with Gasteiger partial charge in [-0.25, -0.2) is 9.59 Å². The molecule has 0 unspecified atom stereocenters. The van der Waals surface area contributed by atoms with E-state index in [1.54, 1.807) is 27.7 Å². The highest BCUT2D eigenvalue weighted by Crippen LogP contribution is 2.06. The number of rotatable bonds is 3. The standard InChI is InChI=1S/C10H17NO4/c1-7(5-6-8(12)13)11-9(14)15-10(2,3)4/h5-7H,1-4H3,(H,11,14)(H,12,13)/t7-/m0/s1. The van der Waals surface area contributed by atoms with Crippen LogP contribution in [0.5, 0.6) is 0 Å². The van der Waals surface area contributed by atoms with Gasteiger partial charge in [0.1, 0.15) is 5.60 Å². The molecule has 0 heterocycles. The summed E-state index contributed by atoms with van der Waals surface area (Å²) in [5.74, 6) is -1.05. The van der Waals surface area contributed by atoms with Crippen LogP contribution in [0.4, 0.5) is 4.79 Å². The molecule has 0 aliphatic heterocycles. The Morgan fingerprint density at radius 2 is 1.93 bits per heavy atom. The topological polar surface area (TPSA) is 75.6 Å². The average molecular weight is 215 g/mol. The quantitative estimate of drug-likeness (QED) is 0.700. The van der Waals surface area contributed by atoms with Gasteiger partial charge in [0.2, 0.25) is 0 Å². The van der Waals surface area contributed by atoms with Crippen molar-refractivity contribution in [3.63, 3.8) is 0 Å². The van der Waals surface area contributed by atoms with Crippen molar-refractivity contribution in [2.24, 2.45) is 0 Å². The Bertz CT molecular complexity index is 265. The maximum absolute atomic E-state index is 11.2. The van der Waals surface area contributed by atoms with Crippen molar-refractivity contribution >= 4 is 12.1 Å². The first-order valence-corrected chi connectivity index (χ1v) is 4.61. The van der Waals surface area contributed by atoms with Gasteiger partial charge in [-0.2, -0.15) is 0 Å². The normalized spacial score (nSPS) is 13.6. The fourth-order valence-corrected chi connectivity index (χ4v) is 0.768. The van der Waals surface area contributed by atoms with Crippen LogP contribution < -0.4 is 5.32 Å². The van der Waals surface area contributed by atoms with Crippen LogP contribution in [0, 0.1) is 0 Å². The van der Waals surface area contributed by atoms with Gasteiger partial charge in [-0.1, -0.05) is 6.08 Å². The molecule has 1 amide bonds. The van der Waals surface area contributed by atoms with Gasteiger partial charge < -0.3 is 15.2 Å². The number of carbonyl (C=O) groups is 2. The van der Waals surface area contributed by atoms with Crippen LogP contribution in [0.15, 0.2) is 12.2 Å². The lowest BCUT2D eigenvalue weighted by Crippen LogP contribution is -2.36. The zero-order chi connectivity index (χ0) is 12.1. The maximum Gasteiger partial charge on any atom is 0.408 e. The number of carboxylic acid groups (broad SMARTS) is 1. The third kappa shape index (κ3) is 8.80. The summed E-state index contributed by atoms with van der Waals surface area (Å²) in [5.41, 5.74) is -0.555. The molecular formula is C10H17NO4. The minimum Gasteiger partial charge on any atom is -0.478 e. The van der Waals surface area contributed by atoms with E-state index in [-0.39, 0.29) is 6.04 Å². The van der Waals surface area contributed by atoms with Gasteiger partial charge in [-0.05, 0) is 27.7 Å². The average Bonchev–Trinajstić information content (AvgIpc) is 1.96. The van der Waals surface area contributed by atoms with Crippen LogP contribution in [-0.2, 0) is 9.53 Å². The van der Waals surface area contributed by atoms with Crippen molar-refractivity contribution in [3.8, 4) is 0 Å². The summed E-state index contributed by atoms with van der Waals surface area (Å²) in [6.45, 7) is 6.92. The fourth-order valence-electron chi connectivity index (χ4n) is 0.768. The molecule has 86 valence electrons. The number of aliphatic carboxylic acids is 1. The second-order valence-electron chi connectivity index (χ2n) is 4.13.